The number of carbonyl (C=O) groups excluding carboxylic acids is 1. The number of aromatic nitrogens is 3. The van der Waals surface area contributed by atoms with E-state index in [0.717, 1.165) is 11.6 Å². The molecule has 0 spiro atoms. The average Bonchev–Trinajstić information content (AvgIpc) is 3.04. The van der Waals surface area contributed by atoms with Crippen LogP contribution < -0.4 is 0 Å². The Hall–Kier alpha value is -1.16. The number of nitrogens with zero attached hydrogens (tertiary/aromatic N) is 4. The van der Waals surface area contributed by atoms with Crippen LogP contribution in [0.2, 0.25) is 0 Å². The van der Waals surface area contributed by atoms with Crippen molar-refractivity contribution < 1.29 is 19.4 Å². The third kappa shape index (κ3) is 3.07. The van der Waals surface area contributed by atoms with Crippen molar-refractivity contribution in [2.45, 2.75) is 29.6 Å². The lowest BCUT2D eigenvalue weighted by Crippen LogP contribution is -2.69. The van der Waals surface area contributed by atoms with Crippen molar-refractivity contribution in [3.63, 3.8) is 0 Å². The quantitative estimate of drug-likeness (QED) is 0.747. The number of aliphatic hydroxyl groups is 1. The van der Waals surface area contributed by atoms with E-state index in [4.69, 9.17) is 9.47 Å². The number of thioether (sulfide) groups is 1. The molecule has 1 amide bonds. The summed E-state index contributed by atoms with van der Waals surface area (Å²) in [5, 5.41) is 19.9. The van der Waals surface area contributed by atoms with Crippen LogP contribution in [0.4, 0.5) is 0 Å². The van der Waals surface area contributed by atoms with Gasteiger partial charge in [0.2, 0.25) is 5.91 Å². The summed E-state index contributed by atoms with van der Waals surface area (Å²) < 4.78 is 13.0. The molecule has 4 heterocycles. The Balaban J connectivity index is 1.50. The summed E-state index contributed by atoms with van der Waals surface area (Å²) in [6, 6.07) is 0.0423. The zero-order valence-corrected chi connectivity index (χ0v) is 15.2. The lowest BCUT2D eigenvalue weighted by atomic mass is 9.66. The Morgan fingerprint density at radius 3 is 3.08 bits per heavy atom. The molecule has 3 saturated heterocycles. The van der Waals surface area contributed by atoms with Crippen molar-refractivity contribution in [3.05, 3.63) is 6.33 Å². The number of aryl methyl sites for hydroxylation is 1. The first-order valence-corrected chi connectivity index (χ1v) is 9.72. The van der Waals surface area contributed by atoms with Gasteiger partial charge < -0.3 is 24.0 Å². The van der Waals surface area contributed by atoms with Crippen molar-refractivity contribution in [1.82, 2.24) is 19.7 Å². The van der Waals surface area contributed by atoms with Gasteiger partial charge in [-0.3, -0.25) is 4.79 Å². The second kappa shape index (κ2) is 6.86. The lowest BCUT2D eigenvalue weighted by molar-refractivity contribution is -0.218. The highest BCUT2D eigenvalue weighted by molar-refractivity contribution is 7.99. The number of hydrogen-bond acceptors (Lipinski definition) is 7. The van der Waals surface area contributed by atoms with Gasteiger partial charge in [-0.2, -0.15) is 0 Å². The van der Waals surface area contributed by atoms with Gasteiger partial charge in [-0.05, 0) is 6.42 Å². The number of amides is 1. The van der Waals surface area contributed by atoms with Crippen molar-refractivity contribution >= 4 is 17.7 Å². The van der Waals surface area contributed by atoms with Crippen LogP contribution in [0.15, 0.2) is 11.5 Å². The highest BCUT2D eigenvalue weighted by Gasteiger charge is 2.56. The van der Waals surface area contributed by atoms with Gasteiger partial charge in [0.05, 0.1) is 24.6 Å². The first kappa shape index (κ1) is 17.3. The van der Waals surface area contributed by atoms with Crippen LogP contribution in [0.1, 0.15) is 12.8 Å². The molecule has 9 heteroatoms. The Morgan fingerprint density at radius 1 is 1.44 bits per heavy atom. The summed E-state index contributed by atoms with van der Waals surface area (Å²) in [7, 11) is 1.86. The molecule has 0 aromatic carbocycles. The molecule has 25 heavy (non-hydrogen) atoms. The van der Waals surface area contributed by atoms with Gasteiger partial charge in [0.1, 0.15) is 6.33 Å². The summed E-state index contributed by atoms with van der Waals surface area (Å²) in [5.74, 6) is 0.320. The molecule has 0 unspecified atom stereocenters. The van der Waals surface area contributed by atoms with Crippen molar-refractivity contribution in [1.29, 1.82) is 0 Å². The molecule has 0 bridgehead atoms. The normalized spacial score (nSPS) is 35.1. The largest absolute Gasteiger partial charge is 0.389 e. The molecule has 3 fully saturated rings. The number of rotatable bonds is 3. The highest BCUT2D eigenvalue weighted by Crippen LogP contribution is 2.44. The lowest BCUT2D eigenvalue weighted by Gasteiger charge is -2.57. The van der Waals surface area contributed by atoms with Gasteiger partial charge >= 0.3 is 0 Å². The molecule has 138 valence electrons. The third-order valence-electron chi connectivity index (χ3n) is 5.77. The van der Waals surface area contributed by atoms with E-state index in [1.54, 1.807) is 10.9 Å². The molecule has 0 radical (unpaired) electrons. The molecule has 4 rings (SSSR count). The van der Waals surface area contributed by atoms with Crippen LogP contribution in [0, 0.1) is 11.8 Å². The summed E-state index contributed by atoms with van der Waals surface area (Å²) in [6.45, 7) is 2.78. The second-order valence-corrected chi connectivity index (χ2v) is 8.05. The highest BCUT2D eigenvalue weighted by atomic mass is 32.2. The number of hydrogen-bond donors (Lipinski definition) is 1. The molecular weight excluding hydrogens is 344 g/mol. The van der Waals surface area contributed by atoms with Crippen LogP contribution in [0.3, 0.4) is 0 Å². The van der Waals surface area contributed by atoms with Gasteiger partial charge in [-0.25, -0.2) is 0 Å². The molecule has 1 N–H and O–H groups in total. The molecular formula is C16H24N4O4S. The zero-order valence-electron chi connectivity index (χ0n) is 14.3. The van der Waals surface area contributed by atoms with Gasteiger partial charge in [-0.15, -0.1) is 10.2 Å². The minimum absolute atomic E-state index is 0.0346. The maximum Gasteiger partial charge on any atom is 0.233 e. The first-order chi connectivity index (χ1) is 12.1. The van der Waals surface area contributed by atoms with E-state index in [1.165, 1.54) is 11.8 Å². The SMILES string of the molecule is Cn1cnnc1SCC(=O)N1C[C@H]2COCC[C@@]2(O)[C@@H]2COCC[C@@H]21. The van der Waals surface area contributed by atoms with Crippen LogP contribution >= 0.6 is 11.8 Å². The molecule has 0 saturated carbocycles. The van der Waals surface area contributed by atoms with Crippen LogP contribution in [-0.2, 0) is 21.3 Å². The Bertz CT molecular complexity index is 641. The number of likely N-dealkylation sites (tertiary alicyclic amines) is 1. The second-order valence-electron chi connectivity index (χ2n) is 7.11. The van der Waals surface area contributed by atoms with Crippen molar-refractivity contribution in [2.24, 2.45) is 18.9 Å². The predicted molar refractivity (Wildman–Crippen MR) is 90.0 cm³/mol. The van der Waals surface area contributed by atoms with Gasteiger partial charge in [-0.1, -0.05) is 11.8 Å². The zero-order chi connectivity index (χ0) is 17.4. The molecule has 8 nitrogen and oxygen atoms in total. The molecule has 0 aliphatic carbocycles. The van der Waals surface area contributed by atoms with Crippen LogP contribution in [0.5, 0.6) is 0 Å². The van der Waals surface area contributed by atoms with E-state index in [-0.39, 0.29) is 23.8 Å². The number of piperidine rings is 1. The van der Waals surface area contributed by atoms with E-state index in [1.807, 2.05) is 11.9 Å². The Morgan fingerprint density at radius 2 is 2.28 bits per heavy atom. The van der Waals surface area contributed by atoms with Crippen LogP contribution in [-0.4, -0.2) is 81.0 Å². The standard InChI is InChI=1S/C16H24N4O4S/c1-19-10-17-18-15(19)25-9-14(21)20-6-11-7-24-5-3-16(11,22)12-8-23-4-2-13(12)20/h10-13,22H,2-9H2,1H3/t11-,12+,13-,16-/m0/s1. The van der Waals surface area contributed by atoms with Gasteiger partial charge in [0.25, 0.3) is 0 Å². The fourth-order valence-corrected chi connectivity index (χ4v) is 5.13. The molecule has 3 aliphatic heterocycles. The van der Waals surface area contributed by atoms with E-state index in [0.29, 0.717) is 45.1 Å². The van der Waals surface area contributed by atoms with Crippen LogP contribution in [0.25, 0.3) is 0 Å². The van der Waals surface area contributed by atoms with Gasteiger partial charge in [0.15, 0.2) is 5.16 Å². The molecule has 4 atom stereocenters. The van der Waals surface area contributed by atoms with Crippen molar-refractivity contribution in [3.8, 4) is 0 Å². The fraction of sp³-hybridized carbons (Fsp3) is 0.812. The predicted octanol–water partition coefficient (Wildman–Crippen LogP) is -0.0779. The molecule has 1 aromatic heterocycles. The first-order valence-electron chi connectivity index (χ1n) is 8.73. The number of fused-ring (bicyclic) bond motifs is 3. The summed E-state index contributed by atoms with van der Waals surface area (Å²) in [4.78, 5) is 14.9. The Kier molecular flexibility index (Phi) is 4.74. The summed E-state index contributed by atoms with van der Waals surface area (Å²) >= 11 is 1.40. The number of ether oxygens (including phenoxy) is 2. The maximum atomic E-state index is 12.9. The monoisotopic (exact) mass is 368 g/mol. The Labute approximate surface area is 150 Å². The van der Waals surface area contributed by atoms with E-state index in [2.05, 4.69) is 10.2 Å². The minimum Gasteiger partial charge on any atom is -0.389 e. The molecule has 3 aliphatic rings. The fourth-order valence-electron chi connectivity index (χ4n) is 4.36. The van der Waals surface area contributed by atoms with E-state index >= 15 is 0 Å². The number of carbonyl (C=O) groups is 1. The summed E-state index contributed by atoms with van der Waals surface area (Å²) in [5.41, 5.74) is -0.781. The van der Waals surface area contributed by atoms with Gasteiger partial charge in [0, 0.05) is 51.1 Å². The average molecular weight is 368 g/mol. The minimum atomic E-state index is -0.781. The topological polar surface area (TPSA) is 89.7 Å². The third-order valence-corrected chi connectivity index (χ3v) is 6.79. The van der Waals surface area contributed by atoms with Crippen molar-refractivity contribution in [2.75, 3.05) is 38.7 Å². The molecule has 1 aromatic rings. The van der Waals surface area contributed by atoms with E-state index < -0.39 is 5.60 Å². The van der Waals surface area contributed by atoms with E-state index in [9.17, 15) is 9.90 Å². The maximum absolute atomic E-state index is 12.9. The smallest absolute Gasteiger partial charge is 0.233 e. The summed E-state index contributed by atoms with van der Waals surface area (Å²) in [6.07, 6.45) is 3.03.